The fraction of sp³-hybridized carbons (Fsp3) is 1.00. The minimum atomic E-state index is -0.565. The van der Waals surface area contributed by atoms with Gasteiger partial charge in [-0.3, -0.25) is 0 Å². The van der Waals surface area contributed by atoms with Crippen LogP contribution < -0.4 is 0 Å². The molecule has 0 heterocycles. The molecule has 1 aliphatic rings. The summed E-state index contributed by atoms with van der Waals surface area (Å²) >= 11 is 0. The molecule has 1 saturated carbocycles. The van der Waals surface area contributed by atoms with E-state index in [9.17, 15) is 4.39 Å². The zero-order valence-corrected chi connectivity index (χ0v) is 6.07. The first-order valence-electron chi connectivity index (χ1n) is 3.95. The molecule has 1 fully saturated rings. The van der Waals surface area contributed by atoms with Crippen molar-refractivity contribution in [2.24, 2.45) is 5.92 Å². The minimum absolute atomic E-state index is 0.388. The molecule has 0 saturated heterocycles. The topological polar surface area (TPSA) is 0 Å². The van der Waals surface area contributed by atoms with E-state index >= 15 is 0 Å². The number of alkyl halides is 1. The Hall–Kier alpha value is -0.0700. The quantitative estimate of drug-likeness (QED) is 0.512. The molecule has 0 aliphatic heterocycles. The molecule has 1 aliphatic carbocycles. The second-order valence-corrected chi connectivity index (χ2v) is 3.08. The van der Waals surface area contributed by atoms with Gasteiger partial charge in [0.25, 0.3) is 0 Å². The maximum atomic E-state index is 12.6. The first kappa shape index (κ1) is 7.04. The summed E-state index contributed by atoms with van der Waals surface area (Å²) in [5, 5.41) is 0. The molecule has 9 heavy (non-hydrogen) atoms. The number of hydrogen-bond donors (Lipinski definition) is 0. The molecule has 1 atom stereocenters. The fourth-order valence-electron chi connectivity index (χ4n) is 1.59. The van der Waals surface area contributed by atoms with E-state index in [0.29, 0.717) is 5.92 Å². The summed E-state index contributed by atoms with van der Waals surface area (Å²) in [6, 6.07) is 0. The van der Waals surface area contributed by atoms with E-state index in [4.69, 9.17) is 0 Å². The maximum Gasteiger partial charge on any atom is 0.100 e. The van der Waals surface area contributed by atoms with E-state index in [-0.39, 0.29) is 0 Å². The summed E-state index contributed by atoms with van der Waals surface area (Å²) in [6.07, 6.45) is 5.50. The van der Waals surface area contributed by atoms with Gasteiger partial charge in [0.2, 0.25) is 0 Å². The lowest BCUT2D eigenvalue weighted by Gasteiger charge is -2.22. The Morgan fingerprint density at radius 2 is 1.78 bits per heavy atom. The summed E-state index contributed by atoms with van der Waals surface area (Å²) in [6.45, 7) is 1.69. The molecular weight excluding hydrogens is 115 g/mol. The monoisotopic (exact) mass is 130 g/mol. The molecular formula is C8H15F. The van der Waals surface area contributed by atoms with Crippen molar-refractivity contribution < 1.29 is 4.39 Å². The maximum absolute atomic E-state index is 12.6. The Morgan fingerprint density at radius 1 is 1.22 bits per heavy atom. The van der Waals surface area contributed by atoms with Gasteiger partial charge in [0.1, 0.15) is 6.17 Å². The summed E-state index contributed by atoms with van der Waals surface area (Å²) in [4.78, 5) is 0. The van der Waals surface area contributed by atoms with Crippen molar-refractivity contribution in [2.45, 2.75) is 45.2 Å². The van der Waals surface area contributed by atoms with Crippen molar-refractivity contribution in [1.29, 1.82) is 0 Å². The van der Waals surface area contributed by atoms with Gasteiger partial charge in [-0.15, -0.1) is 0 Å². The third-order valence-electron chi connectivity index (χ3n) is 2.30. The van der Waals surface area contributed by atoms with Crippen LogP contribution >= 0.6 is 0 Å². The van der Waals surface area contributed by atoms with Crippen LogP contribution in [0.1, 0.15) is 39.0 Å². The molecule has 1 heteroatoms. The van der Waals surface area contributed by atoms with Gasteiger partial charge in [-0.2, -0.15) is 0 Å². The first-order chi connectivity index (χ1) is 4.30. The van der Waals surface area contributed by atoms with Crippen LogP contribution in [0, 0.1) is 5.92 Å². The van der Waals surface area contributed by atoms with E-state index in [2.05, 4.69) is 0 Å². The highest BCUT2D eigenvalue weighted by Gasteiger charge is 2.18. The number of halogens is 1. The van der Waals surface area contributed by atoms with Crippen molar-refractivity contribution in [3.05, 3.63) is 0 Å². The van der Waals surface area contributed by atoms with Crippen LogP contribution in [0.15, 0.2) is 0 Å². The Labute approximate surface area is 56.5 Å². The number of rotatable bonds is 1. The van der Waals surface area contributed by atoms with E-state index in [1.807, 2.05) is 0 Å². The highest BCUT2D eigenvalue weighted by Crippen LogP contribution is 2.27. The Balaban J connectivity index is 2.23. The zero-order valence-electron chi connectivity index (χ0n) is 6.07. The lowest BCUT2D eigenvalue weighted by atomic mass is 9.87. The highest BCUT2D eigenvalue weighted by molar-refractivity contribution is 4.69. The van der Waals surface area contributed by atoms with Crippen LogP contribution in [0.4, 0.5) is 4.39 Å². The lowest BCUT2D eigenvalue weighted by molar-refractivity contribution is 0.197. The van der Waals surface area contributed by atoms with E-state index in [1.165, 1.54) is 19.3 Å². The van der Waals surface area contributed by atoms with Crippen LogP contribution in [-0.2, 0) is 0 Å². The molecule has 0 amide bonds. The fourth-order valence-corrected chi connectivity index (χ4v) is 1.59. The second kappa shape index (κ2) is 3.19. The lowest BCUT2D eigenvalue weighted by Crippen LogP contribution is -2.15. The van der Waals surface area contributed by atoms with Gasteiger partial charge in [0.15, 0.2) is 0 Å². The van der Waals surface area contributed by atoms with Gasteiger partial charge in [-0.25, -0.2) is 4.39 Å². The van der Waals surface area contributed by atoms with Crippen LogP contribution in [0.25, 0.3) is 0 Å². The molecule has 0 N–H and O–H groups in total. The molecule has 0 aromatic heterocycles. The standard InChI is InChI=1S/C8H15F/c1-7(9)8-5-3-2-4-6-8/h7-8H,2-6H2,1H3/t7-/m1/s1. The normalized spacial score (nSPS) is 26.0. The average molecular weight is 130 g/mol. The summed E-state index contributed by atoms with van der Waals surface area (Å²) in [7, 11) is 0. The van der Waals surface area contributed by atoms with Gasteiger partial charge < -0.3 is 0 Å². The second-order valence-electron chi connectivity index (χ2n) is 3.08. The molecule has 0 spiro atoms. The largest absolute Gasteiger partial charge is 0.247 e. The third kappa shape index (κ3) is 1.96. The molecule has 1 rings (SSSR count). The smallest absolute Gasteiger partial charge is 0.100 e. The van der Waals surface area contributed by atoms with Gasteiger partial charge in [-0.05, 0) is 25.7 Å². The van der Waals surface area contributed by atoms with E-state index in [1.54, 1.807) is 6.92 Å². The van der Waals surface area contributed by atoms with Gasteiger partial charge in [-0.1, -0.05) is 19.3 Å². The zero-order chi connectivity index (χ0) is 6.69. The Bertz CT molecular complexity index is 72.6. The minimum Gasteiger partial charge on any atom is -0.247 e. The molecule has 54 valence electrons. The van der Waals surface area contributed by atoms with Crippen LogP contribution in [-0.4, -0.2) is 6.17 Å². The molecule has 0 unspecified atom stereocenters. The molecule has 0 nitrogen and oxygen atoms in total. The van der Waals surface area contributed by atoms with Crippen molar-refractivity contribution in [1.82, 2.24) is 0 Å². The highest BCUT2D eigenvalue weighted by atomic mass is 19.1. The van der Waals surface area contributed by atoms with Crippen LogP contribution in [0.2, 0.25) is 0 Å². The van der Waals surface area contributed by atoms with E-state index < -0.39 is 6.17 Å². The van der Waals surface area contributed by atoms with Gasteiger partial charge in [0, 0.05) is 0 Å². The van der Waals surface area contributed by atoms with Crippen molar-refractivity contribution in [3.8, 4) is 0 Å². The van der Waals surface area contributed by atoms with Crippen LogP contribution in [0.5, 0.6) is 0 Å². The third-order valence-corrected chi connectivity index (χ3v) is 2.30. The molecule has 0 radical (unpaired) electrons. The van der Waals surface area contributed by atoms with Crippen LogP contribution in [0.3, 0.4) is 0 Å². The summed E-state index contributed by atoms with van der Waals surface area (Å²) in [5.41, 5.74) is 0. The Kier molecular flexibility index (Phi) is 2.49. The van der Waals surface area contributed by atoms with Crippen molar-refractivity contribution in [2.75, 3.05) is 0 Å². The van der Waals surface area contributed by atoms with Gasteiger partial charge in [0.05, 0.1) is 0 Å². The molecule has 0 aromatic rings. The SMILES string of the molecule is C[C@@H](F)C1CCCCC1. The predicted octanol–water partition coefficient (Wildman–Crippen LogP) is 2.92. The predicted molar refractivity (Wildman–Crippen MR) is 37.1 cm³/mol. The number of hydrogen-bond acceptors (Lipinski definition) is 0. The van der Waals surface area contributed by atoms with Crippen molar-refractivity contribution in [3.63, 3.8) is 0 Å². The van der Waals surface area contributed by atoms with E-state index in [0.717, 1.165) is 12.8 Å². The molecule has 0 bridgehead atoms. The average Bonchev–Trinajstić information content (AvgIpc) is 1.90. The molecule has 0 aromatic carbocycles. The Morgan fingerprint density at radius 3 is 2.11 bits per heavy atom. The summed E-state index contributed by atoms with van der Waals surface area (Å²) in [5.74, 6) is 0.388. The van der Waals surface area contributed by atoms with Crippen molar-refractivity contribution >= 4 is 0 Å². The van der Waals surface area contributed by atoms with Gasteiger partial charge >= 0.3 is 0 Å². The first-order valence-corrected chi connectivity index (χ1v) is 3.95. The summed E-state index contributed by atoms with van der Waals surface area (Å²) < 4.78 is 12.6.